The molecule has 0 fully saturated rings. The summed E-state index contributed by atoms with van der Waals surface area (Å²) in [6.07, 6.45) is 2.53. The van der Waals surface area contributed by atoms with E-state index in [1.54, 1.807) is 0 Å². The van der Waals surface area contributed by atoms with Crippen LogP contribution in [0.4, 0.5) is 8.78 Å². The first-order chi connectivity index (χ1) is 6.94. The molecule has 2 unspecified atom stereocenters. The van der Waals surface area contributed by atoms with Gasteiger partial charge in [0.2, 0.25) is 0 Å². The molecule has 1 aliphatic carbocycles. The molecule has 15 heavy (non-hydrogen) atoms. The zero-order valence-corrected chi connectivity index (χ0v) is 10.5. The summed E-state index contributed by atoms with van der Waals surface area (Å²) < 4.78 is 30.0. The van der Waals surface area contributed by atoms with Gasteiger partial charge in [-0.15, -0.1) is 0 Å². The van der Waals surface area contributed by atoms with Crippen molar-refractivity contribution in [2.75, 3.05) is 6.61 Å². The monoisotopic (exact) mass is 256 g/mol. The Hall–Kier alpha value is 0.140. The zero-order valence-electron chi connectivity index (χ0n) is 8.50. The van der Waals surface area contributed by atoms with Crippen molar-refractivity contribution in [3.8, 4) is 0 Å². The smallest absolute Gasteiger partial charge is 0.338 e. The first-order valence-corrected chi connectivity index (χ1v) is 6.11. The van der Waals surface area contributed by atoms with E-state index in [2.05, 4.69) is 0 Å². The lowest BCUT2D eigenvalue weighted by atomic mass is 9.88. The van der Waals surface area contributed by atoms with Crippen LogP contribution in [0, 0.1) is 5.92 Å². The number of alkyl halides is 2. The van der Waals surface area contributed by atoms with Crippen molar-refractivity contribution in [2.24, 2.45) is 5.92 Å². The Morgan fingerprint density at radius 1 is 1.67 bits per heavy atom. The Kier molecular flexibility index (Phi) is 4.81. The van der Waals surface area contributed by atoms with Crippen LogP contribution < -0.4 is 0 Å². The predicted molar refractivity (Wildman–Crippen MR) is 60.5 cm³/mol. The fourth-order valence-corrected chi connectivity index (χ4v) is 2.17. The molecule has 0 aromatic carbocycles. The Morgan fingerprint density at radius 3 is 2.87 bits per heavy atom. The van der Waals surface area contributed by atoms with Gasteiger partial charge in [-0.05, 0) is 33.6 Å². The summed E-state index contributed by atoms with van der Waals surface area (Å²) in [5.74, 6) is 0.737. The Labute approximate surface area is 94.9 Å². The number of allylic oxidation sites excluding steroid dienone is 1. The minimum atomic E-state index is -2.98. The molecule has 0 saturated carbocycles. The number of halogens is 2. The van der Waals surface area contributed by atoms with Crippen LogP contribution in [0.15, 0.2) is 11.3 Å². The molecule has 1 N–H and O–H groups in total. The maximum absolute atomic E-state index is 12.5. The van der Waals surface area contributed by atoms with Crippen LogP contribution in [0.3, 0.4) is 0 Å². The molecule has 88 valence electrons. The van der Waals surface area contributed by atoms with E-state index in [9.17, 15) is 8.78 Å². The van der Waals surface area contributed by atoms with E-state index < -0.39 is 5.00 Å². The first kappa shape index (κ1) is 13.2. The van der Waals surface area contributed by atoms with E-state index in [1.165, 1.54) is 9.24 Å². The molecule has 1 rings (SSSR count). The number of aliphatic hydroxyl groups excluding tert-OH is 1. The van der Waals surface area contributed by atoms with Gasteiger partial charge in [-0.1, -0.05) is 6.92 Å². The third-order valence-electron chi connectivity index (χ3n) is 2.42. The third kappa shape index (κ3) is 4.25. The van der Waals surface area contributed by atoms with Crippen LogP contribution in [0.1, 0.15) is 26.2 Å². The van der Waals surface area contributed by atoms with Crippen LogP contribution in [0.5, 0.6) is 0 Å². The van der Waals surface area contributed by atoms with Crippen LogP contribution in [-0.2, 0) is 4.18 Å². The average molecular weight is 256 g/mol. The van der Waals surface area contributed by atoms with Gasteiger partial charge in [0.15, 0.2) is 0 Å². The van der Waals surface area contributed by atoms with Crippen molar-refractivity contribution in [1.82, 2.24) is 0 Å². The molecule has 0 aromatic heterocycles. The van der Waals surface area contributed by atoms with Gasteiger partial charge in [-0.25, -0.2) is 0 Å². The summed E-state index contributed by atoms with van der Waals surface area (Å²) in [5.41, 5.74) is 0.753. The lowest BCUT2D eigenvalue weighted by Gasteiger charge is -2.24. The maximum atomic E-state index is 12.5. The summed E-state index contributed by atoms with van der Waals surface area (Å²) >= 11 is 0.122. The Balaban J connectivity index is 2.64. The highest BCUT2D eigenvalue weighted by Crippen LogP contribution is 2.40. The third-order valence-corrected chi connectivity index (χ3v) is 3.21. The molecule has 0 heterocycles. The van der Waals surface area contributed by atoms with Gasteiger partial charge in [0.05, 0.1) is 6.61 Å². The van der Waals surface area contributed by atoms with E-state index in [-0.39, 0.29) is 24.6 Å². The van der Waals surface area contributed by atoms with Crippen molar-refractivity contribution in [1.29, 1.82) is 0 Å². The zero-order chi connectivity index (χ0) is 11.5. The van der Waals surface area contributed by atoms with Crippen LogP contribution in [-0.4, -0.2) is 16.7 Å². The molecule has 2 nitrogen and oxygen atoms in total. The van der Waals surface area contributed by atoms with E-state index in [1.807, 2.05) is 6.92 Å². The van der Waals surface area contributed by atoms with E-state index in [0.717, 1.165) is 18.4 Å². The first-order valence-electron chi connectivity index (χ1n) is 4.79. The summed E-state index contributed by atoms with van der Waals surface area (Å²) in [6, 6.07) is 0. The lowest BCUT2D eigenvalue weighted by molar-refractivity contribution is 0.197. The van der Waals surface area contributed by atoms with Gasteiger partial charge in [-0.3, -0.25) is 0 Å². The molecule has 0 aromatic rings. The molecular formula is C9H15F2O2PS. The van der Waals surface area contributed by atoms with Crippen LogP contribution in [0.25, 0.3) is 0 Å². The van der Waals surface area contributed by atoms with E-state index in [4.69, 9.17) is 9.29 Å². The largest absolute Gasteiger partial charge is 0.424 e. The quantitative estimate of drug-likeness (QED) is 0.619. The topological polar surface area (TPSA) is 29.5 Å². The van der Waals surface area contributed by atoms with E-state index >= 15 is 0 Å². The molecule has 0 spiro atoms. The maximum Gasteiger partial charge on any atom is 0.338 e. The summed E-state index contributed by atoms with van der Waals surface area (Å²) in [5, 5.41) is 9.12. The van der Waals surface area contributed by atoms with Gasteiger partial charge < -0.3 is 9.29 Å². The van der Waals surface area contributed by atoms with Crippen molar-refractivity contribution < 1.29 is 18.1 Å². The highest BCUT2D eigenvalue weighted by molar-refractivity contribution is 7.99. The van der Waals surface area contributed by atoms with Crippen molar-refractivity contribution in [2.45, 2.75) is 31.2 Å². The van der Waals surface area contributed by atoms with Crippen LogP contribution in [0.2, 0.25) is 0 Å². The number of hydrogen-bond acceptors (Lipinski definition) is 3. The highest BCUT2D eigenvalue weighted by atomic mass is 32.2. The van der Waals surface area contributed by atoms with Gasteiger partial charge in [-0.2, -0.15) is 8.78 Å². The summed E-state index contributed by atoms with van der Waals surface area (Å²) in [4.78, 5) is -2.98. The van der Waals surface area contributed by atoms with Gasteiger partial charge >= 0.3 is 5.00 Å². The molecule has 2 atom stereocenters. The minimum Gasteiger partial charge on any atom is -0.424 e. The van der Waals surface area contributed by atoms with Crippen molar-refractivity contribution >= 4 is 21.3 Å². The lowest BCUT2D eigenvalue weighted by Crippen LogP contribution is -2.14. The molecule has 0 aliphatic heterocycles. The number of rotatable bonds is 4. The van der Waals surface area contributed by atoms with Gasteiger partial charge in [0.25, 0.3) is 0 Å². The summed E-state index contributed by atoms with van der Waals surface area (Å²) in [7, 11) is 1.41. The minimum absolute atomic E-state index is 0.112. The second kappa shape index (κ2) is 5.46. The summed E-state index contributed by atoms with van der Waals surface area (Å²) in [6.45, 7) is 1.86. The molecule has 0 amide bonds. The Morgan fingerprint density at radius 2 is 2.33 bits per heavy atom. The number of aliphatic hydroxyl groups is 1. The number of hydrogen-bond donors (Lipinski definition) is 1. The van der Waals surface area contributed by atoms with Crippen molar-refractivity contribution in [3.63, 3.8) is 0 Å². The van der Waals surface area contributed by atoms with E-state index in [0.29, 0.717) is 12.2 Å². The Bertz CT molecular complexity index is 253. The highest BCUT2D eigenvalue weighted by Gasteiger charge is 2.27. The molecule has 0 saturated heterocycles. The van der Waals surface area contributed by atoms with Gasteiger partial charge in [0.1, 0.15) is 17.8 Å². The average Bonchev–Trinajstić information content (AvgIpc) is 2.13. The van der Waals surface area contributed by atoms with Gasteiger partial charge in [0, 0.05) is 6.42 Å². The molecule has 6 heteroatoms. The van der Waals surface area contributed by atoms with Crippen molar-refractivity contribution in [3.05, 3.63) is 11.3 Å². The fraction of sp³-hybridized carbons (Fsp3) is 0.778. The second-order valence-corrected chi connectivity index (χ2v) is 5.65. The second-order valence-electron chi connectivity index (χ2n) is 3.63. The molecule has 0 bridgehead atoms. The molecule has 0 radical (unpaired) electrons. The molecular weight excluding hydrogens is 241 g/mol. The van der Waals surface area contributed by atoms with Crippen LogP contribution >= 0.6 is 21.3 Å². The normalized spacial score (nSPS) is 23.1. The standard InChI is InChI=1S/C9H15F2O2PS/c1-6-3-2-4-8(7(6)5-12)13-15-9(10,11)14/h6,12H,2-5,14H2,1H3. The fourth-order valence-electron chi connectivity index (χ4n) is 1.62. The predicted octanol–water partition coefficient (Wildman–Crippen LogP) is 3.14. The SMILES string of the molecule is CC1CCCC(OSC(F)(F)P)=C1CO. The molecule has 1 aliphatic rings.